The summed E-state index contributed by atoms with van der Waals surface area (Å²) < 4.78 is 10.6. The number of rotatable bonds is 7. The fraction of sp³-hybridized carbons (Fsp3) is 0.421. The third-order valence-electron chi connectivity index (χ3n) is 4.31. The summed E-state index contributed by atoms with van der Waals surface area (Å²) >= 11 is 0. The van der Waals surface area contributed by atoms with Crippen LogP contribution in [0.2, 0.25) is 0 Å². The van der Waals surface area contributed by atoms with Crippen molar-refractivity contribution in [3.05, 3.63) is 47.7 Å². The maximum atomic E-state index is 5.31. The van der Waals surface area contributed by atoms with Gasteiger partial charge in [0.25, 0.3) is 0 Å². The average molecular weight is 327 g/mol. The van der Waals surface area contributed by atoms with Crippen LogP contribution in [0.5, 0.6) is 11.5 Å². The van der Waals surface area contributed by atoms with E-state index in [1.165, 1.54) is 18.4 Å². The summed E-state index contributed by atoms with van der Waals surface area (Å²) in [5.41, 5.74) is 2.39. The van der Waals surface area contributed by atoms with Gasteiger partial charge in [-0.3, -0.25) is 0 Å². The Kier molecular flexibility index (Phi) is 5.54. The average Bonchev–Trinajstić information content (AvgIpc) is 3.16. The van der Waals surface area contributed by atoms with Gasteiger partial charge < -0.3 is 19.7 Å². The summed E-state index contributed by atoms with van der Waals surface area (Å²) in [4.78, 5) is 6.86. The number of hydrogen-bond acceptors (Lipinski definition) is 5. The highest BCUT2D eigenvalue weighted by atomic mass is 16.5. The van der Waals surface area contributed by atoms with Gasteiger partial charge >= 0.3 is 0 Å². The zero-order valence-electron chi connectivity index (χ0n) is 14.4. The molecule has 0 radical (unpaired) electrons. The minimum absolute atomic E-state index is 0.759. The summed E-state index contributed by atoms with van der Waals surface area (Å²) in [6.45, 7) is 3.80. The molecule has 0 aliphatic carbocycles. The van der Waals surface area contributed by atoms with E-state index in [9.17, 15) is 0 Å². The van der Waals surface area contributed by atoms with Crippen LogP contribution in [-0.4, -0.2) is 32.3 Å². The van der Waals surface area contributed by atoms with Crippen LogP contribution in [0.15, 0.2) is 36.5 Å². The second-order valence-corrected chi connectivity index (χ2v) is 6.04. The number of hydrogen-bond donors (Lipinski definition) is 1. The van der Waals surface area contributed by atoms with Crippen molar-refractivity contribution in [1.82, 2.24) is 10.3 Å². The van der Waals surface area contributed by atoms with Crippen molar-refractivity contribution in [3.63, 3.8) is 0 Å². The first-order valence-corrected chi connectivity index (χ1v) is 8.41. The van der Waals surface area contributed by atoms with Gasteiger partial charge in [0.2, 0.25) is 0 Å². The Bertz CT molecular complexity index is 647. The first-order valence-electron chi connectivity index (χ1n) is 8.41. The molecule has 3 rings (SSSR count). The minimum Gasteiger partial charge on any atom is -0.497 e. The zero-order valence-corrected chi connectivity index (χ0v) is 14.4. The molecule has 2 aromatic rings. The lowest BCUT2D eigenvalue weighted by Gasteiger charge is -2.17. The second kappa shape index (κ2) is 8.02. The van der Waals surface area contributed by atoms with Crippen LogP contribution < -0.4 is 19.7 Å². The SMILES string of the molecule is COc1cc(CNCc2ccnc(N3CCCC3)c2)cc(OC)c1. The molecule has 1 saturated heterocycles. The molecule has 0 unspecified atom stereocenters. The van der Waals surface area contributed by atoms with Gasteiger partial charge in [-0.1, -0.05) is 0 Å². The van der Waals surface area contributed by atoms with E-state index in [0.717, 1.165) is 49.1 Å². The van der Waals surface area contributed by atoms with Gasteiger partial charge in [-0.2, -0.15) is 0 Å². The first-order chi connectivity index (χ1) is 11.8. The number of nitrogens with zero attached hydrogens (tertiary/aromatic N) is 2. The standard InChI is InChI=1S/C19H25N3O2/c1-23-17-9-16(10-18(12-17)24-2)14-20-13-15-5-6-21-19(11-15)22-7-3-4-8-22/h5-6,9-12,20H,3-4,7-8,13-14H2,1-2H3. The van der Waals surface area contributed by atoms with Crippen molar-refractivity contribution in [2.45, 2.75) is 25.9 Å². The maximum absolute atomic E-state index is 5.31. The summed E-state index contributed by atoms with van der Waals surface area (Å²) in [5, 5.41) is 3.48. The molecule has 1 N–H and O–H groups in total. The molecule has 0 saturated carbocycles. The number of benzene rings is 1. The highest BCUT2D eigenvalue weighted by molar-refractivity contribution is 5.42. The van der Waals surface area contributed by atoms with Crippen LogP contribution in [0, 0.1) is 0 Å². The summed E-state index contributed by atoms with van der Waals surface area (Å²) in [6.07, 6.45) is 4.43. The Morgan fingerprint density at radius 2 is 1.62 bits per heavy atom. The van der Waals surface area contributed by atoms with E-state index in [-0.39, 0.29) is 0 Å². The lowest BCUT2D eigenvalue weighted by atomic mass is 10.2. The summed E-state index contributed by atoms with van der Waals surface area (Å²) in [5.74, 6) is 2.72. The quantitative estimate of drug-likeness (QED) is 0.847. The van der Waals surface area contributed by atoms with Crippen LogP contribution in [-0.2, 0) is 13.1 Å². The van der Waals surface area contributed by atoms with E-state index in [2.05, 4.69) is 27.3 Å². The van der Waals surface area contributed by atoms with E-state index in [4.69, 9.17) is 9.47 Å². The number of aromatic nitrogens is 1. The first kappa shape index (κ1) is 16.6. The van der Waals surface area contributed by atoms with E-state index in [1.54, 1.807) is 14.2 Å². The van der Waals surface area contributed by atoms with E-state index < -0.39 is 0 Å². The topological polar surface area (TPSA) is 46.6 Å². The monoisotopic (exact) mass is 327 g/mol. The smallest absolute Gasteiger partial charge is 0.128 e. The molecule has 5 nitrogen and oxygen atoms in total. The van der Waals surface area contributed by atoms with Gasteiger partial charge in [0, 0.05) is 38.4 Å². The van der Waals surface area contributed by atoms with Crippen molar-refractivity contribution in [2.24, 2.45) is 0 Å². The summed E-state index contributed by atoms with van der Waals surface area (Å²) in [6, 6.07) is 10.2. The summed E-state index contributed by atoms with van der Waals surface area (Å²) in [7, 11) is 3.34. The molecule has 1 aliphatic heterocycles. The molecule has 1 aliphatic rings. The zero-order chi connectivity index (χ0) is 16.8. The van der Waals surface area contributed by atoms with Crippen molar-refractivity contribution in [1.29, 1.82) is 0 Å². The molecule has 1 fully saturated rings. The number of ether oxygens (including phenoxy) is 2. The van der Waals surface area contributed by atoms with Gasteiger partial charge in [0.1, 0.15) is 17.3 Å². The highest BCUT2D eigenvalue weighted by Gasteiger charge is 2.13. The van der Waals surface area contributed by atoms with Gasteiger partial charge in [-0.15, -0.1) is 0 Å². The Balaban J connectivity index is 1.59. The molecule has 24 heavy (non-hydrogen) atoms. The number of methoxy groups -OCH3 is 2. The predicted octanol–water partition coefficient (Wildman–Crippen LogP) is 2.99. The lowest BCUT2D eigenvalue weighted by molar-refractivity contribution is 0.393. The molecule has 0 bridgehead atoms. The van der Waals surface area contributed by atoms with Crippen LogP contribution in [0.3, 0.4) is 0 Å². The molecule has 128 valence electrons. The highest BCUT2D eigenvalue weighted by Crippen LogP contribution is 2.22. The molecule has 0 amide bonds. The van der Waals surface area contributed by atoms with Crippen molar-refractivity contribution < 1.29 is 9.47 Å². The maximum Gasteiger partial charge on any atom is 0.128 e. The van der Waals surface area contributed by atoms with Crippen LogP contribution in [0.25, 0.3) is 0 Å². The molecule has 1 aromatic carbocycles. The molecular formula is C19H25N3O2. The lowest BCUT2D eigenvalue weighted by Crippen LogP contribution is -2.19. The normalized spacial score (nSPS) is 14.0. The van der Waals surface area contributed by atoms with Crippen molar-refractivity contribution in [2.75, 3.05) is 32.2 Å². The Morgan fingerprint density at radius 3 is 2.29 bits per heavy atom. The van der Waals surface area contributed by atoms with Crippen LogP contribution in [0.1, 0.15) is 24.0 Å². The third kappa shape index (κ3) is 4.17. The fourth-order valence-corrected chi connectivity index (χ4v) is 3.01. The molecule has 2 heterocycles. The van der Waals surface area contributed by atoms with Gasteiger partial charge in [-0.05, 0) is 48.2 Å². The van der Waals surface area contributed by atoms with Crippen molar-refractivity contribution in [3.8, 4) is 11.5 Å². The number of pyridine rings is 1. The Hall–Kier alpha value is -2.27. The van der Waals surface area contributed by atoms with Crippen molar-refractivity contribution >= 4 is 5.82 Å². The molecule has 5 heteroatoms. The largest absolute Gasteiger partial charge is 0.497 e. The molecule has 1 aromatic heterocycles. The number of anilines is 1. The minimum atomic E-state index is 0.759. The van der Waals surface area contributed by atoms with Gasteiger partial charge in [0.05, 0.1) is 14.2 Å². The van der Waals surface area contributed by atoms with Gasteiger partial charge in [0.15, 0.2) is 0 Å². The van der Waals surface area contributed by atoms with Gasteiger partial charge in [-0.25, -0.2) is 4.98 Å². The number of nitrogens with one attached hydrogen (secondary N) is 1. The third-order valence-corrected chi connectivity index (χ3v) is 4.31. The molecular weight excluding hydrogens is 302 g/mol. The molecule has 0 spiro atoms. The van der Waals surface area contributed by atoms with E-state index in [0.29, 0.717) is 0 Å². The van der Waals surface area contributed by atoms with Crippen LogP contribution in [0.4, 0.5) is 5.82 Å². The van der Waals surface area contributed by atoms with E-state index in [1.807, 2.05) is 24.4 Å². The fourth-order valence-electron chi connectivity index (χ4n) is 3.01. The second-order valence-electron chi connectivity index (χ2n) is 6.04. The Morgan fingerprint density at radius 1 is 0.958 bits per heavy atom. The Labute approximate surface area is 143 Å². The molecule has 0 atom stereocenters. The predicted molar refractivity (Wildman–Crippen MR) is 95.8 cm³/mol. The van der Waals surface area contributed by atoms with Crippen LogP contribution >= 0.6 is 0 Å². The van der Waals surface area contributed by atoms with E-state index >= 15 is 0 Å².